The second-order valence-corrected chi connectivity index (χ2v) is 7.00. The van der Waals surface area contributed by atoms with E-state index in [2.05, 4.69) is 10.4 Å². The SMILES string of the molecule is CCOC(=O)c1cnn(-c2ccc(NC(=O)Cc3ccc(OC)c(OC)c3)cc2)c1C(F)(F)F. The first-order valence-electron chi connectivity index (χ1n) is 10.1. The zero-order chi connectivity index (χ0) is 24.9. The molecule has 1 heterocycles. The van der Waals surface area contributed by atoms with E-state index in [1.165, 1.54) is 45.4 Å². The smallest absolute Gasteiger partial charge is 0.434 e. The van der Waals surface area contributed by atoms with Gasteiger partial charge in [-0.05, 0) is 48.9 Å². The topological polar surface area (TPSA) is 91.7 Å². The van der Waals surface area contributed by atoms with Crippen LogP contribution in [0.1, 0.15) is 28.5 Å². The van der Waals surface area contributed by atoms with Crippen LogP contribution in [-0.2, 0) is 22.1 Å². The molecular formula is C23H22F3N3O5. The lowest BCUT2D eigenvalue weighted by molar-refractivity contribution is -0.143. The van der Waals surface area contributed by atoms with Crippen molar-refractivity contribution in [3.8, 4) is 17.2 Å². The summed E-state index contributed by atoms with van der Waals surface area (Å²) >= 11 is 0. The van der Waals surface area contributed by atoms with Crippen LogP contribution in [0.3, 0.4) is 0 Å². The third-order valence-electron chi connectivity index (χ3n) is 4.74. The molecule has 0 aliphatic carbocycles. The number of benzene rings is 2. The highest BCUT2D eigenvalue weighted by Gasteiger charge is 2.41. The van der Waals surface area contributed by atoms with Gasteiger partial charge in [-0.1, -0.05) is 6.07 Å². The Morgan fingerprint density at radius 2 is 1.71 bits per heavy atom. The van der Waals surface area contributed by atoms with Crippen LogP contribution in [0.4, 0.5) is 18.9 Å². The van der Waals surface area contributed by atoms with E-state index in [0.29, 0.717) is 27.4 Å². The molecule has 2 aromatic carbocycles. The van der Waals surface area contributed by atoms with Crippen LogP contribution in [0.5, 0.6) is 11.5 Å². The number of halogens is 3. The molecule has 0 atom stereocenters. The highest BCUT2D eigenvalue weighted by atomic mass is 19.4. The summed E-state index contributed by atoms with van der Waals surface area (Å²) in [7, 11) is 3.00. The van der Waals surface area contributed by atoms with Gasteiger partial charge in [0.25, 0.3) is 0 Å². The van der Waals surface area contributed by atoms with Gasteiger partial charge in [0, 0.05) is 5.69 Å². The largest absolute Gasteiger partial charge is 0.493 e. The van der Waals surface area contributed by atoms with Gasteiger partial charge in [0.1, 0.15) is 5.56 Å². The fourth-order valence-corrected chi connectivity index (χ4v) is 3.24. The quantitative estimate of drug-likeness (QED) is 0.488. The summed E-state index contributed by atoms with van der Waals surface area (Å²) in [5.74, 6) is -0.427. The average molecular weight is 477 g/mol. The molecule has 0 radical (unpaired) electrons. The molecule has 11 heteroatoms. The number of aromatic nitrogens is 2. The predicted octanol–water partition coefficient (Wildman–Crippen LogP) is 4.27. The Kier molecular flexibility index (Phi) is 7.44. The summed E-state index contributed by atoms with van der Waals surface area (Å²) in [6, 6.07) is 10.7. The van der Waals surface area contributed by atoms with Crippen molar-refractivity contribution < 1.29 is 37.0 Å². The fraction of sp³-hybridized carbons (Fsp3) is 0.261. The van der Waals surface area contributed by atoms with Crippen LogP contribution in [0, 0.1) is 0 Å². The molecule has 0 bridgehead atoms. The number of rotatable bonds is 8. The van der Waals surface area contributed by atoms with Gasteiger partial charge in [-0.15, -0.1) is 0 Å². The molecule has 1 N–H and O–H groups in total. The van der Waals surface area contributed by atoms with Gasteiger partial charge in [-0.25, -0.2) is 9.48 Å². The number of methoxy groups -OCH3 is 2. The van der Waals surface area contributed by atoms with Crippen molar-refractivity contribution in [3.63, 3.8) is 0 Å². The van der Waals surface area contributed by atoms with E-state index in [1.54, 1.807) is 18.2 Å². The molecule has 0 unspecified atom stereocenters. The van der Waals surface area contributed by atoms with Crippen molar-refractivity contribution in [2.24, 2.45) is 0 Å². The van der Waals surface area contributed by atoms with E-state index in [9.17, 15) is 22.8 Å². The molecule has 34 heavy (non-hydrogen) atoms. The van der Waals surface area contributed by atoms with Gasteiger partial charge in [0.15, 0.2) is 17.2 Å². The number of hydrogen-bond acceptors (Lipinski definition) is 6. The third-order valence-corrected chi connectivity index (χ3v) is 4.74. The van der Waals surface area contributed by atoms with Crippen molar-refractivity contribution in [2.45, 2.75) is 19.5 Å². The van der Waals surface area contributed by atoms with E-state index < -0.39 is 23.4 Å². The van der Waals surface area contributed by atoms with Crippen LogP contribution in [0.2, 0.25) is 0 Å². The first-order chi connectivity index (χ1) is 16.2. The second kappa shape index (κ2) is 10.3. The van der Waals surface area contributed by atoms with Gasteiger partial charge >= 0.3 is 12.1 Å². The molecule has 0 fully saturated rings. The summed E-state index contributed by atoms with van der Waals surface area (Å²) in [6.07, 6.45) is -3.98. The Bertz CT molecular complexity index is 1170. The van der Waals surface area contributed by atoms with Crippen LogP contribution in [0.25, 0.3) is 5.69 Å². The van der Waals surface area contributed by atoms with Gasteiger partial charge in [-0.2, -0.15) is 18.3 Å². The normalized spacial score (nSPS) is 11.1. The number of esters is 1. The Morgan fingerprint density at radius 1 is 1.03 bits per heavy atom. The summed E-state index contributed by atoms with van der Waals surface area (Å²) in [5, 5.41) is 6.40. The second-order valence-electron chi connectivity index (χ2n) is 7.00. The van der Waals surface area contributed by atoms with Crippen molar-refractivity contribution in [3.05, 3.63) is 65.5 Å². The number of anilines is 1. The third kappa shape index (κ3) is 5.48. The number of amides is 1. The first kappa shape index (κ1) is 24.6. The maximum Gasteiger partial charge on any atom is 0.434 e. The summed E-state index contributed by atoms with van der Waals surface area (Å²) in [6.45, 7) is 1.42. The van der Waals surface area contributed by atoms with Crippen molar-refractivity contribution in [1.82, 2.24) is 9.78 Å². The van der Waals surface area contributed by atoms with Crippen molar-refractivity contribution in [1.29, 1.82) is 0 Å². The Balaban J connectivity index is 1.77. The monoisotopic (exact) mass is 477 g/mol. The van der Waals surface area contributed by atoms with Crippen LogP contribution in [-0.4, -0.2) is 42.5 Å². The number of carbonyl (C=O) groups is 2. The lowest BCUT2D eigenvalue weighted by atomic mass is 10.1. The Hall–Kier alpha value is -4.02. The summed E-state index contributed by atoms with van der Waals surface area (Å²) in [4.78, 5) is 24.3. The maximum atomic E-state index is 13.6. The molecule has 0 saturated heterocycles. The van der Waals surface area contributed by atoms with Crippen LogP contribution >= 0.6 is 0 Å². The van der Waals surface area contributed by atoms with Gasteiger partial charge in [-0.3, -0.25) is 4.79 Å². The Labute approximate surface area is 193 Å². The minimum absolute atomic E-state index is 0.0440. The van der Waals surface area contributed by atoms with E-state index in [1.807, 2.05) is 0 Å². The standard InChI is InChI=1S/C23H22F3N3O5/c1-4-34-22(31)17-13-27-29(21(17)23(24,25)26)16-8-6-15(7-9-16)28-20(30)12-14-5-10-18(32-2)19(11-14)33-3/h5-11,13H,4,12H2,1-3H3,(H,28,30). The van der Waals surface area contributed by atoms with Crippen molar-refractivity contribution >= 4 is 17.6 Å². The van der Waals surface area contributed by atoms with Crippen LogP contribution < -0.4 is 14.8 Å². The number of hydrogen-bond donors (Lipinski definition) is 1. The number of nitrogens with one attached hydrogen (secondary N) is 1. The molecule has 0 aliphatic rings. The van der Waals surface area contributed by atoms with E-state index in [0.717, 1.165) is 6.20 Å². The molecule has 3 rings (SSSR count). The zero-order valence-corrected chi connectivity index (χ0v) is 18.6. The molecule has 8 nitrogen and oxygen atoms in total. The molecule has 0 aliphatic heterocycles. The lowest BCUT2D eigenvalue weighted by Gasteiger charge is -2.13. The van der Waals surface area contributed by atoms with Gasteiger partial charge in [0.05, 0.1) is 39.1 Å². The number of carbonyl (C=O) groups excluding carboxylic acids is 2. The predicted molar refractivity (Wildman–Crippen MR) is 116 cm³/mol. The van der Waals surface area contributed by atoms with Gasteiger partial charge < -0.3 is 19.5 Å². The summed E-state index contributed by atoms with van der Waals surface area (Å²) in [5.41, 5.74) is -0.802. The van der Waals surface area contributed by atoms with Crippen molar-refractivity contribution in [2.75, 3.05) is 26.1 Å². The van der Waals surface area contributed by atoms with Crippen LogP contribution in [0.15, 0.2) is 48.7 Å². The minimum atomic E-state index is -4.84. The molecular weight excluding hydrogens is 455 g/mol. The number of ether oxygens (including phenoxy) is 3. The highest BCUT2D eigenvalue weighted by molar-refractivity contribution is 5.92. The molecule has 3 aromatic rings. The minimum Gasteiger partial charge on any atom is -0.493 e. The van der Waals surface area contributed by atoms with Gasteiger partial charge in [0.2, 0.25) is 5.91 Å². The maximum absolute atomic E-state index is 13.6. The van der Waals surface area contributed by atoms with E-state index >= 15 is 0 Å². The van der Waals surface area contributed by atoms with E-state index in [4.69, 9.17) is 14.2 Å². The molecule has 0 saturated carbocycles. The molecule has 180 valence electrons. The first-order valence-corrected chi connectivity index (χ1v) is 10.1. The fourth-order valence-electron chi connectivity index (χ4n) is 3.24. The zero-order valence-electron chi connectivity index (χ0n) is 18.6. The molecule has 0 spiro atoms. The number of nitrogens with zero attached hydrogens (tertiary/aromatic N) is 2. The average Bonchev–Trinajstić information content (AvgIpc) is 3.25. The van der Waals surface area contributed by atoms with E-state index in [-0.39, 0.29) is 24.6 Å². The molecule has 1 amide bonds. The summed E-state index contributed by atoms with van der Waals surface area (Å²) < 4.78 is 56.6. The molecule has 1 aromatic heterocycles. The Morgan fingerprint density at radius 3 is 2.29 bits per heavy atom. The lowest BCUT2D eigenvalue weighted by Crippen LogP contribution is -2.18. The number of alkyl halides is 3. The highest BCUT2D eigenvalue weighted by Crippen LogP contribution is 2.34.